The summed E-state index contributed by atoms with van der Waals surface area (Å²) < 4.78 is 6.79. The molecule has 0 saturated carbocycles. The Bertz CT molecular complexity index is 1360. The van der Waals surface area contributed by atoms with Gasteiger partial charge in [-0.25, -0.2) is 4.79 Å². The van der Waals surface area contributed by atoms with Crippen molar-refractivity contribution in [3.8, 4) is 22.8 Å². The second kappa shape index (κ2) is 11.1. The van der Waals surface area contributed by atoms with E-state index in [2.05, 4.69) is 15.5 Å². The molecule has 1 heterocycles. The Balaban J connectivity index is 1.55. The Morgan fingerprint density at radius 2 is 1.80 bits per heavy atom. The van der Waals surface area contributed by atoms with Gasteiger partial charge < -0.3 is 15.2 Å². The Hall–Kier alpha value is -3.82. The van der Waals surface area contributed by atoms with Crippen LogP contribution in [0.15, 0.2) is 78.0 Å². The molecule has 0 aliphatic carbocycles. The first kappa shape index (κ1) is 24.3. The fourth-order valence-electron chi connectivity index (χ4n) is 3.31. The minimum Gasteiger partial charge on any atom is -0.507 e. The molecule has 0 spiro atoms. The summed E-state index contributed by atoms with van der Waals surface area (Å²) in [7, 11) is 0. The zero-order chi connectivity index (χ0) is 24.8. The van der Waals surface area contributed by atoms with E-state index < -0.39 is 5.97 Å². The minimum absolute atomic E-state index is 0.0309. The summed E-state index contributed by atoms with van der Waals surface area (Å²) in [6, 6.07) is 20.9. The standard InChI is InChI=1S/C25H21ClN4O4S/c1-2-34-24(33)19-14-16(12-13-20(19)26)27-22(32)15-35-25-29-28-23(18-10-6-7-11-21(18)31)30(25)17-8-4-3-5-9-17/h3-14,31H,2,15H2,1H3,(H,27,32). The van der Waals surface area contributed by atoms with Gasteiger partial charge in [0.15, 0.2) is 11.0 Å². The Kier molecular flexibility index (Phi) is 7.69. The number of ether oxygens (including phenoxy) is 1. The van der Waals surface area contributed by atoms with Gasteiger partial charge in [0.25, 0.3) is 0 Å². The predicted molar refractivity (Wildman–Crippen MR) is 135 cm³/mol. The van der Waals surface area contributed by atoms with Crippen LogP contribution >= 0.6 is 23.4 Å². The van der Waals surface area contributed by atoms with Gasteiger partial charge >= 0.3 is 5.97 Å². The van der Waals surface area contributed by atoms with E-state index in [9.17, 15) is 14.7 Å². The molecule has 4 rings (SSSR count). The summed E-state index contributed by atoms with van der Waals surface area (Å²) in [6.45, 7) is 1.92. The van der Waals surface area contributed by atoms with Gasteiger partial charge in [0.2, 0.25) is 5.91 Å². The number of phenols is 1. The van der Waals surface area contributed by atoms with E-state index in [1.807, 2.05) is 30.3 Å². The van der Waals surface area contributed by atoms with E-state index in [-0.39, 0.29) is 34.6 Å². The van der Waals surface area contributed by atoms with E-state index in [0.29, 0.717) is 22.2 Å². The van der Waals surface area contributed by atoms with Gasteiger partial charge in [-0.3, -0.25) is 9.36 Å². The van der Waals surface area contributed by atoms with Crippen LogP contribution < -0.4 is 5.32 Å². The van der Waals surface area contributed by atoms with Crippen molar-refractivity contribution >= 4 is 40.9 Å². The fourth-order valence-corrected chi connectivity index (χ4v) is 4.25. The predicted octanol–water partition coefficient (Wildman–Crippen LogP) is 5.20. The molecule has 0 aliphatic heterocycles. The number of benzene rings is 3. The van der Waals surface area contributed by atoms with Crippen molar-refractivity contribution in [2.24, 2.45) is 0 Å². The minimum atomic E-state index is -0.560. The number of carbonyl (C=O) groups is 2. The molecule has 0 unspecified atom stereocenters. The number of nitrogens with zero attached hydrogens (tertiary/aromatic N) is 3. The van der Waals surface area contributed by atoms with E-state index in [1.165, 1.54) is 23.9 Å². The molecule has 8 nitrogen and oxygen atoms in total. The van der Waals surface area contributed by atoms with Crippen LogP contribution in [0.5, 0.6) is 5.75 Å². The number of phenolic OH excluding ortho intramolecular Hbond substituents is 1. The lowest BCUT2D eigenvalue weighted by Crippen LogP contribution is -2.15. The molecular weight excluding hydrogens is 488 g/mol. The van der Waals surface area contributed by atoms with Crippen LogP contribution in [0.3, 0.4) is 0 Å². The number of rotatable bonds is 8. The maximum Gasteiger partial charge on any atom is 0.339 e. The summed E-state index contributed by atoms with van der Waals surface area (Å²) in [5.41, 5.74) is 1.90. The molecule has 3 aromatic carbocycles. The van der Waals surface area contributed by atoms with Gasteiger partial charge in [-0.15, -0.1) is 10.2 Å². The third-order valence-corrected chi connectivity index (χ3v) is 6.13. The van der Waals surface area contributed by atoms with Crippen molar-refractivity contribution in [3.05, 3.63) is 83.4 Å². The first-order valence-electron chi connectivity index (χ1n) is 10.7. The highest BCUT2D eigenvalue weighted by molar-refractivity contribution is 7.99. The number of hydrogen-bond acceptors (Lipinski definition) is 7. The highest BCUT2D eigenvalue weighted by Gasteiger charge is 2.19. The fraction of sp³-hybridized carbons (Fsp3) is 0.120. The Morgan fingerprint density at radius 1 is 1.06 bits per heavy atom. The number of para-hydroxylation sites is 2. The number of hydrogen-bond donors (Lipinski definition) is 2. The van der Waals surface area contributed by atoms with E-state index >= 15 is 0 Å². The molecule has 0 saturated heterocycles. The lowest BCUT2D eigenvalue weighted by atomic mass is 10.2. The maximum atomic E-state index is 12.7. The number of nitrogens with one attached hydrogen (secondary N) is 1. The molecule has 0 atom stereocenters. The smallest absolute Gasteiger partial charge is 0.339 e. The molecular formula is C25H21ClN4O4S. The third-order valence-electron chi connectivity index (χ3n) is 4.87. The van der Waals surface area contributed by atoms with Crippen molar-refractivity contribution in [1.82, 2.24) is 14.8 Å². The van der Waals surface area contributed by atoms with Crippen LogP contribution in [0.4, 0.5) is 5.69 Å². The van der Waals surface area contributed by atoms with Crippen LogP contribution in [-0.2, 0) is 9.53 Å². The summed E-state index contributed by atoms with van der Waals surface area (Å²) in [6.07, 6.45) is 0. The van der Waals surface area contributed by atoms with Crippen LogP contribution in [0.2, 0.25) is 5.02 Å². The van der Waals surface area contributed by atoms with Crippen LogP contribution in [0.25, 0.3) is 17.1 Å². The number of aromatic nitrogens is 3. The van der Waals surface area contributed by atoms with Crippen molar-refractivity contribution in [2.45, 2.75) is 12.1 Å². The van der Waals surface area contributed by atoms with Crippen LogP contribution in [0, 0.1) is 0 Å². The lowest BCUT2D eigenvalue weighted by molar-refractivity contribution is -0.113. The highest BCUT2D eigenvalue weighted by Crippen LogP contribution is 2.32. The largest absolute Gasteiger partial charge is 0.507 e. The lowest BCUT2D eigenvalue weighted by Gasteiger charge is -2.11. The Morgan fingerprint density at radius 3 is 2.54 bits per heavy atom. The molecule has 4 aromatic rings. The summed E-state index contributed by atoms with van der Waals surface area (Å²) in [5, 5.41) is 22.4. The Labute approximate surface area is 210 Å². The molecule has 35 heavy (non-hydrogen) atoms. The van der Waals surface area contributed by atoms with Gasteiger partial charge in [0, 0.05) is 11.4 Å². The number of aromatic hydroxyl groups is 1. The van der Waals surface area contributed by atoms with Crippen molar-refractivity contribution < 1.29 is 19.4 Å². The monoisotopic (exact) mass is 508 g/mol. The third kappa shape index (κ3) is 5.64. The molecule has 0 aliphatic rings. The molecule has 1 amide bonds. The number of anilines is 1. The zero-order valence-electron chi connectivity index (χ0n) is 18.6. The summed E-state index contributed by atoms with van der Waals surface area (Å²) in [5.74, 6) is -0.307. The van der Waals surface area contributed by atoms with E-state index in [1.54, 1.807) is 41.8 Å². The molecule has 2 N–H and O–H groups in total. The number of halogens is 1. The van der Waals surface area contributed by atoms with Crippen molar-refractivity contribution in [2.75, 3.05) is 17.7 Å². The molecule has 0 fully saturated rings. The van der Waals surface area contributed by atoms with Gasteiger partial charge in [-0.1, -0.05) is 53.7 Å². The van der Waals surface area contributed by atoms with Crippen molar-refractivity contribution in [3.63, 3.8) is 0 Å². The average molecular weight is 509 g/mol. The summed E-state index contributed by atoms with van der Waals surface area (Å²) in [4.78, 5) is 24.7. The number of amides is 1. The van der Waals surface area contributed by atoms with Gasteiger partial charge in [0.05, 0.1) is 28.5 Å². The molecule has 178 valence electrons. The molecule has 0 bridgehead atoms. The highest BCUT2D eigenvalue weighted by atomic mass is 35.5. The zero-order valence-corrected chi connectivity index (χ0v) is 20.2. The maximum absolute atomic E-state index is 12.7. The molecule has 10 heteroatoms. The second-order valence-electron chi connectivity index (χ2n) is 7.25. The molecule has 0 radical (unpaired) electrons. The topological polar surface area (TPSA) is 106 Å². The number of thioether (sulfide) groups is 1. The van der Waals surface area contributed by atoms with Gasteiger partial charge in [-0.05, 0) is 49.4 Å². The van der Waals surface area contributed by atoms with Crippen LogP contribution in [0.1, 0.15) is 17.3 Å². The summed E-state index contributed by atoms with van der Waals surface area (Å²) >= 11 is 7.28. The van der Waals surface area contributed by atoms with Gasteiger partial charge in [0.1, 0.15) is 5.75 Å². The SMILES string of the molecule is CCOC(=O)c1cc(NC(=O)CSc2nnc(-c3ccccc3O)n2-c2ccccc2)ccc1Cl. The first-order chi connectivity index (χ1) is 17.0. The number of esters is 1. The van der Waals surface area contributed by atoms with Crippen molar-refractivity contribution in [1.29, 1.82) is 0 Å². The van der Waals surface area contributed by atoms with E-state index in [0.717, 1.165) is 5.69 Å². The first-order valence-corrected chi connectivity index (χ1v) is 12.0. The molecule has 1 aromatic heterocycles. The quantitative estimate of drug-likeness (QED) is 0.249. The number of carbonyl (C=O) groups excluding carboxylic acids is 2. The van der Waals surface area contributed by atoms with Gasteiger partial charge in [-0.2, -0.15) is 0 Å². The second-order valence-corrected chi connectivity index (χ2v) is 8.60. The van der Waals surface area contributed by atoms with E-state index in [4.69, 9.17) is 16.3 Å². The van der Waals surface area contributed by atoms with Crippen LogP contribution in [-0.4, -0.2) is 44.1 Å². The average Bonchev–Trinajstić information content (AvgIpc) is 3.28. The normalized spacial score (nSPS) is 10.7.